The predicted molar refractivity (Wildman–Crippen MR) is 53.3 cm³/mol. The predicted octanol–water partition coefficient (Wildman–Crippen LogP) is -0.271. The second-order valence-electron chi connectivity index (χ2n) is 3.32. The van der Waals surface area contributed by atoms with Gasteiger partial charge in [-0.25, -0.2) is 0 Å². The van der Waals surface area contributed by atoms with E-state index in [-0.39, 0.29) is 5.56 Å². The van der Waals surface area contributed by atoms with Crippen LogP contribution in [0.15, 0.2) is 23.1 Å². The van der Waals surface area contributed by atoms with E-state index in [1.165, 1.54) is 4.80 Å². The van der Waals surface area contributed by atoms with Gasteiger partial charge in [0.1, 0.15) is 0 Å². The average Bonchev–Trinajstić information content (AvgIpc) is 2.59. The van der Waals surface area contributed by atoms with Gasteiger partial charge in [-0.15, -0.1) is 10.2 Å². The van der Waals surface area contributed by atoms with Crippen LogP contribution >= 0.6 is 0 Å². The molecule has 0 N–H and O–H groups in total. The summed E-state index contributed by atoms with van der Waals surface area (Å²) in [7, 11) is 1.69. The Balaban J connectivity index is 2.32. The minimum Gasteiger partial charge on any atom is -0.308 e. The summed E-state index contributed by atoms with van der Waals surface area (Å²) < 4.78 is 1.56. The topological polar surface area (TPSA) is 65.6 Å². The summed E-state index contributed by atoms with van der Waals surface area (Å²) in [5, 5.41) is 11.5. The third-order valence-electron chi connectivity index (χ3n) is 2.07. The summed E-state index contributed by atoms with van der Waals surface area (Å²) in [6.45, 7) is 2.14. The number of aromatic nitrogens is 5. The molecule has 0 saturated carbocycles. The number of aryl methyl sites for hydroxylation is 2. The Hall–Kier alpha value is -1.98. The van der Waals surface area contributed by atoms with Crippen LogP contribution in [0, 0.1) is 6.92 Å². The third kappa shape index (κ3) is 1.93. The van der Waals surface area contributed by atoms with E-state index in [2.05, 4.69) is 15.4 Å². The second kappa shape index (κ2) is 3.64. The van der Waals surface area contributed by atoms with Crippen molar-refractivity contribution in [2.45, 2.75) is 13.5 Å². The summed E-state index contributed by atoms with van der Waals surface area (Å²) in [6.07, 6.45) is 1.71. The summed E-state index contributed by atoms with van der Waals surface area (Å²) in [6, 6.07) is 3.61. The van der Waals surface area contributed by atoms with E-state index in [4.69, 9.17) is 0 Å². The number of pyridine rings is 1. The first kappa shape index (κ1) is 9.57. The lowest BCUT2D eigenvalue weighted by Crippen LogP contribution is -2.22. The van der Waals surface area contributed by atoms with Gasteiger partial charge in [0.25, 0.3) is 5.56 Å². The minimum atomic E-state index is -0.0232. The quantitative estimate of drug-likeness (QED) is 0.676. The molecule has 6 heteroatoms. The zero-order valence-electron chi connectivity index (χ0n) is 8.58. The van der Waals surface area contributed by atoms with Crippen molar-refractivity contribution in [3.05, 3.63) is 40.1 Å². The van der Waals surface area contributed by atoms with Crippen LogP contribution in [0.1, 0.15) is 11.4 Å². The standard InChI is InChI=1S/C9H11N5O/c1-7-4-3-5-14(9(7)15)6-8-10-12-13(2)11-8/h3-5H,6H2,1-2H3. The average molecular weight is 205 g/mol. The maximum atomic E-state index is 11.7. The van der Waals surface area contributed by atoms with Gasteiger partial charge in [0.05, 0.1) is 13.6 Å². The van der Waals surface area contributed by atoms with E-state index in [9.17, 15) is 4.79 Å². The number of hydrogen-bond donors (Lipinski definition) is 0. The zero-order chi connectivity index (χ0) is 10.8. The molecule has 0 bridgehead atoms. The van der Waals surface area contributed by atoms with Gasteiger partial charge in [0.15, 0.2) is 5.82 Å². The fourth-order valence-corrected chi connectivity index (χ4v) is 1.32. The molecule has 0 aliphatic carbocycles. The fourth-order valence-electron chi connectivity index (χ4n) is 1.32. The van der Waals surface area contributed by atoms with Crippen molar-refractivity contribution in [2.24, 2.45) is 7.05 Å². The first-order valence-corrected chi connectivity index (χ1v) is 4.56. The molecular formula is C9H11N5O. The molecule has 6 nitrogen and oxygen atoms in total. The highest BCUT2D eigenvalue weighted by Gasteiger charge is 2.03. The van der Waals surface area contributed by atoms with Crippen molar-refractivity contribution < 1.29 is 0 Å². The van der Waals surface area contributed by atoms with Crippen LogP contribution in [0.5, 0.6) is 0 Å². The van der Waals surface area contributed by atoms with Crippen LogP contribution in [0.25, 0.3) is 0 Å². The number of nitrogens with zero attached hydrogens (tertiary/aromatic N) is 5. The highest BCUT2D eigenvalue weighted by Crippen LogP contribution is 1.93. The molecule has 2 aromatic rings. The molecule has 0 aromatic carbocycles. The van der Waals surface area contributed by atoms with Gasteiger partial charge >= 0.3 is 0 Å². The molecule has 0 spiro atoms. The first-order valence-electron chi connectivity index (χ1n) is 4.56. The molecule has 0 fully saturated rings. The third-order valence-corrected chi connectivity index (χ3v) is 2.07. The maximum absolute atomic E-state index is 11.7. The van der Waals surface area contributed by atoms with E-state index in [1.54, 1.807) is 30.8 Å². The Labute approximate surface area is 86.2 Å². The van der Waals surface area contributed by atoms with Crippen LogP contribution in [0.3, 0.4) is 0 Å². The molecule has 2 aromatic heterocycles. The maximum Gasteiger partial charge on any atom is 0.253 e. The smallest absolute Gasteiger partial charge is 0.253 e. The molecule has 0 aliphatic rings. The van der Waals surface area contributed by atoms with E-state index in [0.717, 1.165) is 0 Å². The van der Waals surface area contributed by atoms with Crippen molar-refractivity contribution >= 4 is 0 Å². The molecule has 0 unspecified atom stereocenters. The molecule has 0 radical (unpaired) electrons. The van der Waals surface area contributed by atoms with Gasteiger partial charge < -0.3 is 4.57 Å². The van der Waals surface area contributed by atoms with Crippen molar-refractivity contribution in [3.8, 4) is 0 Å². The van der Waals surface area contributed by atoms with Gasteiger partial charge in [0, 0.05) is 11.8 Å². The molecule has 0 aliphatic heterocycles. The number of hydrogen-bond acceptors (Lipinski definition) is 4. The lowest BCUT2D eigenvalue weighted by Gasteiger charge is -2.01. The Morgan fingerprint density at radius 3 is 2.93 bits per heavy atom. The van der Waals surface area contributed by atoms with Crippen molar-refractivity contribution in [2.75, 3.05) is 0 Å². The Bertz CT molecular complexity index is 527. The summed E-state index contributed by atoms with van der Waals surface area (Å²) in [5.41, 5.74) is 0.686. The largest absolute Gasteiger partial charge is 0.308 e. The van der Waals surface area contributed by atoms with E-state index >= 15 is 0 Å². The summed E-state index contributed by atoms with van der Waals surface area (Å²) in [4.78, 5) is 13.0. The van der Waals surface area contributed by atoms with Crippen LogP contribution in [0.2, 0.25) is 0 Å². The number of rotatable bonds is 2. The van der Waals surface area contributed by atoms with Crippen LogP contribution in [0.4, 0.5) is 0 Å². The van der Waals surface area contributed by atoms with E-state index in [1.807, 2.05) is 6.07 Å². The Morgan fingerprint density at radius 2 is 2.27 bits per heavy atom. The molecule has 2 heterocycles. The Kier molecular flexibility index (Phi) is 2.32. The van der Waals surface area contributed by atoms with Crippen LogP contribution in [-0.4, -0.2) is 24.8 Å². The van der Waals surface area contributed by atoms with Crippen molar-refractivity contribution in [1.82, 2.24) is 24.8 Å². The van der Waals surface area contributed by atoms with Gasteiger partial charge in [-0.1, -0.05) is 6.07 Å². The normalized spacial score (nSPS) is 10.5. The Morgan fingerprint density at radius 1 is 1.47 bits per heavy atom. The monoisotopic (exact) mass is 205 g/mol. The number of tetrazole rings is 1. The van der Waals surface area contributed by atoms with Gasteiger partial charge in [0.2, 0.25) is 0 Å². The van der Waals surface area contributed by atoms with E-state index < -0.39 is 0 Å². The van der Waals surface area contributed by atoms with Gasteiger partial charge in [-0.2, -0.15) is 4.80 Å². The molecule has 0 saturated heterocycles. The first-order chi connectivity index (χ1) is 7.16. The molecule has 78 valence electrons. The van der Waals surface area contributed by atoms with Gasteiger partial charge in [-0.3, -0.25) is 4.79 Å². The molecule has 0 amide bonds. The lowest BCUT2D eigenvalue weighted by molar-refractivity contribution is 0.623. The van der Waals surface area contributed by atoms with Crippen LogP contribution in [-0.2, 0) is 13.6 Å². The highest BCUT2D eigenvalue weighted by molar-refractivity contribution is 5.08. The zero-order valence-corrected chi connectivity index (χ0v) is 8.58. The van der Waals surface area contributed by atoms with Gasteiger partial charge in [-0.05, 0) is 18.2 Å². The van der Waals surface area contributed by atoms with E-state index in [0.29, 0.717) is 17.9 Å². The van der Waals surface area contributed by atoms with Crippen molar-refractivity contribution in [1.29, 1.82) is 0 Å². The highest BCUT2D eigenvalue weighted by atomic mass is 16.1. The summed E-state index contributed by atoms with van der Waals surface area (Å²) in [5.74, 6) is 0.533. The molecule has 0 atom stereocenters. The van der Waals surface area contributed by atoms with Crippen LogP contribution < -0.4 is 5.56 Å². The van der Waals surface area contributed by atoms with Crippen molar-refractivity contribution in [3.63, 3.8) is 0 Å². The molecule has 15 heavy (non-hydrogen) atoms. The molecular weight excluding hydrogens is 194 g/mol. The second-order valence-corrected chi connectivity index (χ2v) is 3.32. The lowest BCUT2D eigenvalue weighted by atomic mass is 10.3. The molecule has 2 rings (SSSR count). The SMILES string of the molecule is Cc1cccn(Cc2nnn(C)n2)c1=O. The fraction of sp³-hybridized carbons (Fsp3) is 0.333. The summed E-state index contributed by atoms with van der Waals surface area (Å²) >= 11 is 0. The minimum absolute atomic E-state index is 0.0232.